The van der Waals surface area contributed by atoms with Gasteiger partial charge in [-0.05, 0) is 12.1 Å². The van der Waals surface area contributed by atoms with Crippen molar-refractivity contribution in [1.82, 2.24) is 14.5 Å². The van der Waals surface area contributed by atoms with Crippen LogP contribution in [-0.4, -0.2) is 14.5 Å². The van der Waals surface area contributed by atoms with Crippen molar-refractivity contribution >= 4 is 34.0 Å². The second-order valence-corrected chi connectivity index (χ2v) is 5.37. The number of rotatable bonds is 4. The second-order valence-electron chi connectivity index (χ2n) is 4.12. The van der Waals surface area contributed by atoms with Gasteiger partial charge in [0, 0.05) is 30.6 Å². The highest BCUT2D eigenvalue weighted by atomic mass is 35.5. The van der Waals surface area contributed by atoms with Crippen LogP contribution in [0.3, 0.4) is 0 Å². The zero-order valence-corrected chi connectivity index (χ0v) is 11.6. The Morgan fingerprint density at radius 1 is 1.37 bits per heavy atom. The van der Waals surface area contributed by atoms with Crippen LogP contribution in [0.5, 0.6) is 0 Å². The smallest absolute Gasteiger partial charge is 0.125 e. The fourth-order valence-electron chi connectivity index (χ4n) is 2.09. The van der Waals surface area contributed by atoms with E-state index in [1.807, 2.05) is 9.95 Å². The van der Waals surface area contributed by atoms with Crippen LogP contribution < -0.4 is 0 Å². The minimum Gasteiger partial charge on any atom is -0.327 e. The minimum atomic E-state index is -0.279. The number of fused-ring (bicyclic) bond motifs is 1. The van der Waals surface area contributed by atoms with Crippen molar-refractivity contribution in [1.29, 1.82) is 0 Å². The first kappa shape index (κ1) is 12.6. The molecule has 98 valence electrons. The van der Waals surface area contributed by atoms with Crippen molar-refractivity contribution in [2.45, 2.75) is 18.8 Å². The Kier molecular flexibility index (Phi) is 3.48. The first-order valence-electron chi connectivity index (χ1n) is 5.87. The summed E-state index contributed by atoms with van der Waals surface area (Å²) in [6.45, 7) is 0.748. The molecule has 0 radical (unpaired) electrons. The zero-order valence-electron chi connectivity index (χ0n) is 10.0. The number of aryl methyl sites for hydroxylation is 2. The zero-order chi connectivity index (χ0) is 13.2. The van der Waals surface area contributed by atoms with E-state index in [0.29, 0.717) is 11.4 Å². The summed E-state index contributed by atoms with van der Waals surface area (Å²) in [5, 5.41) is 3.03. The van der Waals surface area contributed by atoms with Crippen molar-refractivity contribution in [2.75, 3.05) is 0 Å². The molecule has 19 heavy (non-hydrogen) atoms. The van der Waals surface area contributed by atoms with Gasteiger partial charge in [0.25, 0.3) is 0 Å². The van der Waals surface area contributed by atoms with E-state index in [-0.39, 0.29) is 5.82 Å². The highest BCUT2D eigenvalue weighted by Gasteiger charge is 2.11. The van der Waals surface area contributed by atoms with Crippen LogP contribution in [0.2, 0.25) is 0 Å². The normalized spacial score (nSPS) is 11.3. The first-order chi connectivity index (χ1) is 9.28. The molecule has 1 aromatic carbocycles. The van der Waals surface area contributed by atoms with Crippen LogP contribution in [0.4, 0.5) is 4.39 Å². The molecule has 0 spiro atoms. The van der Waals surface area contributed by atoms with E-state index in [1.54, 1.807) is 23.6 Å². The topological polar surface area (TPSA) is 30.7 Å². The highest BCUT2D eigenvalue weighted by Crippen LogP contribution is 2.19. The third kappa shape index (κ3) is 2.48. The summed E-state index contributed by atoms with van der Waals surface area (Å²) in [6, 6.07) is 4.63. The van der Waals surface area contributed by atoms with Gasteiger partial charge in [0.15, 0.2) is 0 Å². The van der Waals surface area contributed by atoms with Gasteiger partial charge < -0.3 is 4.57 Å². The molecule has 0 aliphatic carbocycles. The summed E-state index contributed by atoms with van der Waals surface area (Å²) < 4.78 is 15.2. The predicted molar refractivity (Wildman–Crippen MR) is 75.1 cm³/mol. The summed E-state index contributed by atoms with van der Waals surface area (Å²) in [7, 11) is 0. The molecule has 0 bridgehead atoms. The molecule has 0 fully saturated rings. The lowest BCUT2D eigenvalue weighted by atomic mass is 10.3. The monoisotopic (exact) mass is 295 g/mol. The number of alkyl halides is 1. The molecule has 0 amide bonds. The Labute approximate surface area is 118 Å². The Hall–Kier alpha value is -1.46. The number of hydrogen-bond acceptors (Lipinski definition) is 3. The van der Waals surface area contributed by atoms with E-state index in [0.717, 1.165) is 29.3 Å². The van der Waals surface area contributed by atoms with E-state index in [4.69, 9.17) is 11.6 Å². The Bertz CT molecular complexity index is 693. The fraction of sp³-hybridized carbons (Fsp3) is 0.231. The number of nitrogens with zero attached hydrogens (tertiary/aromatic N) is 3. The van der Waals surface area contributed by atoms with Gasteiger partial charge in [-0.25, -0.2) is 14.4 Å². The number of aromatic nitrogens is 3. The van der Waals surface area contributed by atoms with E-state index in [2.05, 4.69) is 9.97 Å². The van der Waals surface area contributed by atoms with Gasteiger partial charge in [-0.1, -0.05) is 0 Å². The Balaban J connectivity index is 1.96. The maximum atomic E-state index is 13.2. The van der Waals surface area contributed by atoms with E-state index < -0.39 is 0 Å². The predicted octanol–water partition coefficient (Wildman–Crippen LogP) is 3.61. The van der Waals surface area contributed by atoms with Crippen molar-refractivity contribution in [3.05, 3.63) is 46.4 Å². The van der Waals surface area contributed by atoms with Crippen LogP contribution in [0, 0.1) is 5.82 Å². The van der Waals surface area contributed by atoms with E-state index in [1.165, 1.54) is 12.1 Å². The minimum absolute atomic E-state index is 0.279. The van der Waals surface area contributed by atoms with Gasteiger partial charge in [0.05, 0.1) is 21.9 Å². The molecule has 6 heteroatoms. The third-order valence-corrected chi connectivity index (χ3v) is 4.02. The molecular weight excluding hydrogens is 285 g/mol. The number of thiazole rings is 1. The molecule has 0 N–H and O–H groups in total. The standard InChI is InChI=1S/C13H11ClFN3S/c14-8-12-17-10-7-9(15)1-2-11(10)18(12)5-3-13-16-4-6-19-13/h1-2,4,6-7H,3,5,8H2. The number of imidazole rings is 1. The largest absolute Gasteiger partial charge is 0.327 e. The lowest BCUT2D eigenvalue weighted by molar-refractivity contribution is 0.629. The van der Waals surface area contributed by atoms with Crippen LogP contribution in [0.15, 0.2) is 29.8 Å². The molecular formula is C13H11ClFN3S. The van der Waals surface area contributed by atoms with Gasteiger partial charge in [0.2, 0.25) is 0 Å². The molecule has 3 rings (SSSR count). The van der Waals surface area contributed by atoms with Crippen molar-refractivity contribution < 1.29 is 4.39 Å². The molecule has 0 aliphatic rings. The highest BCUT2D eigenvalue weighted by molar-refractivity contribution is 7.09. The van der Waals surface area contributed by atoms with Gasteiger partial charge >= 0.3 is 0 Å². The summed E-state index contributed by atoms with van der Waals surface area (Å²) in [5.74, 6) is 0.797. The summed E-state index contributed by atoms with van der Waals surface area (Å²) in [6.07, 6.45) is 2.62. The first-order valence-corrected chi connectivity index (χ1v) is 7.28. The Morgan fingerprint density at radius 3 is 3.00 bits per heavy atom. The van der Waals surface area contributed by atoms with Crippen molar-refractivity contribution in [3.8, 4) is 0 Å². The third-order valence-electron chi connectivity index (χ3n) is 2.94. The van der Waals surface area contributed by atoms with Gasteiger partial charge in [-0.3, -0.25) is 0 Å². The van der Waals surface area contributed by atoms with Crippen molar-refractivity contribution in [3.63, 3.8) is 0 Å². The van der Waals surface area contributed by atoms with Crippen LogP contribution in [0.1, 0.15) is 10.8 Å². The van der Waals surface area contributed by atoms with Gasteiger partial charge in [-0.15, -0.1) is 22.9 Å². The number of halogens is 2. The molecule has 2 heterocycles. The second kappa shape index (κ2) is 5.27. The molecule has 3 nitrogen and oxygen atoms in total. The lowest BCUT2D eigenvalue weighted by Gasteiger charge is -2.06. The van der Waals surface area contributed by atoms with Crippen LogP contribution in [0.25, 0.3) is 11.0 Å². The molecule has 0 atom stereocenters. The number of benzene rings is 1. The van der Waals surface area contributed by atoms with E-state index >= 15 is 0 Å². The molecule has 2 aromatic heterocycles. The van der Waals surface area contributed by atoms with Crippen molar-refractivity contribution in [2.24, 2.45) is 0 Å². The summed E-state index contributed by atoms with van der Waals surface area (Å²) in [4.78, 5) is 8.62. The van der Waals surface area contributed by atoms with Gasteiger partial charge in [-0.2, -0.15) is 0 Å². The molecule has 0 saturated heterocycles. The molecule has 0 unspecified atom stereocenters. The summed E-state index contributed by atoms with van der Waals surface area (Å²) >= 11 is 7.54. The quantitative estimate of drug-likeness (QED) is 0.688. The maximum absolute atomic E-state index is 13.2. The Morgan fingerprint density at radius 2 is 2.26 bits per heavy atom. The van der Waals surface area contributed by atoms with E-state index in [9.17, 15) is 4.39 Å². The van der Waals surface area contributed by atoms with Gasteiger partial charge in [0.1, 0.15) is 11.6 Å². The number of hydrogen-bond donors (Lipinski definition) is 0. The SMILES string of the molecule is Fc1ccc2c(c1)nc(CCl)n2CCc1nccs1. The lowest BCUT2D eigenvalue weighted by Crippen LogP contribution is -2.04. The average molecular weight is 296 g/mol. The fourth-order valence-corrected chi connectivity index (χ4v) is 2.90. The summed E-state index contributed by atoms with van der Waals surface area (Å²) in [5.41, 5.74) is 1.56. The van der Waals surface area contributed by atoms with Crippen LogP contribution >= 0.6 is 22.9 Å². The van der Waals surface area contributed by atoms with Crippen LogP contribution in [-0.2, 0) is 18.8 Å². The average Bonchev–Trinajstić information content (AvgIpc) is 3.02. The molecule has 3 aromatic rings. The maximum Gasteiger partial charge on any atom is 0.125 e. The molecule has 0 saturated carbocycles. The molecule has 0 aliphatic heterocycles.